The first-order valence-corrected chi connectivity index (χ1v) is 4.74. The first-order chi connectivity index (χ1) is 7.11. The average Bonchev–Trinajstić information content (AvgIpc) is 2.16. The maximum atomic E-state index is 10.6. The van der Waals surface area contributed by atoms with Crippen LogP contribution in [0.4, 0.5) is 0 Å². The average molecular weight is 246 g/mol. The van der Waals surface area contributed by atoms with Crippen LogP contribution in [0.1, 0.15) is 19.4 Å². The van der Waals surface area contributed by atoms with Crippen LogP contribution in [0.25, 0.3) is 0 Å². The lowest BCUT2D eigenvalue weighted by Gasteiger charge is -2.14. The van der Waals surface area contributed by atoms with Gasteiger partial charge in [0.05, 0.1) is 0 Å². The predicted octanol–water partition coefficient (Wildman–Crippen LogP) is 1.85. The molecular weight excluding hydrogens is 230 g/mol. The van der Waals surface area contributed by atoms with Gasteiger partial charge in [-0.15, -0.1) is 12.4 Å². The Kier molecular flexibility index (Phi) is 6.53. The molecule has 5 heteroatoms. The third-order valence-corrected chi connectivity index (χ3v) is 1.77. The third kappa shape index (κ3) is 5.00. The maximum Gasteiger partial charge on any atom is 0.305 e. The van der Waals surface area contributed by atoms with Crippen LogP contribution in [0.5, 0.6) is 5.75 Å². The Morgan fingerprint density at radius 1 is 1.50 bits per heavy atom. The van der Waals surface area contributed by atoms with Crippen LogP contribution in [0.15, 0.2) is 24.3 Å². The Labute approximate surface area is 101 Å². The van der Waals surface area contributed by atoms with E-state index in [1.807, 2.05) is 18.2 Å². The molecule has 0 saturated heterocycles. The van der Waals surface area contributed by atoms with Crippen LogP contribution in [0, 0.1) is 0 Å². The molecular formula is C11H16ClNO3. The van der Waals surface area contributed by atoms with Crippen molar-refractivity contribution < 1.29 is 14.3 Å². The molecule has 90 valence electrons. The van der Waals surface area contributed by atoms with Crippen LogP contribution in [-0.4, -0.2) is 12.3 Å². The van der Waals surface area contributed by atoms with Gasteiger partial charge in [-0.3, -0.25) is 4.79 Å². The molecule has 2 N–H and O–H groups in total. The third-order valence-electron chi connectivity index (χ3n) is 1.77. The van der Waals surface area contributed by atoms with Crippen LogP contribution in [0.2, 0.25) is 0 Å². The molecule has 0 spiro atoms. The molecule has 1 aromatic rings. The highest BCUT2D eigenvalue weighted by atomic mass is 35.5. The summed E-state index contributed by atoms with van der Waals surface area (Å²) in [5.74, 6) is 0.282. The summed E-state index contributed by atoms with van der Waals surface area (Å²) < 4.78 is 10.2. The Hall–Kier alpha value is -1.26. The van der Waals surface area contributed by atoms with Gasteiger partial charge < -0.3 is 15.2 Å². The van der Waals surface area contributed by atoms with Gasteiger partial charge in [0.25, 0.3) is 0 Å². The normalized spacial score (nSPS) is 11.2. The van der Waals surface area contributed by atoms with E-state index in [4.69, 9.17) is 15.2 Å². The summed E-state index contributed by atoms with van der Waals surface area (Å²) in [6.07, 6.45) is -0.587. The minimum absolute atomic E-state index is 0. The lowest BCUT2D eigenvalue weighted by molar-refractivity contribution is -0.158. The molecule has 0 aromatic heterocycles. The Bertz CT molecular complexity index is 344. The fourth-order valence-electron chi connectivity index (χ4n) is 1.20. The predicted molar refractivity (Wildman–Crippen MR) is 63.4 cm³/mol. The largest absolute Gasteiger partial charge is 0.455 e. The van der Waals surface area contributed by atoms with Crippen LogP contribution in [-0.2, 0) is 16.1 Å². The number of rotatable bonds is 4. The summed E-state index contributed by atoms with van der Waals surface area (Å²) in [7, 11) is 0. The molecule has 0 aliphatic rings. The van der Waals surface area contributed by atoms with E-state index in [1.165, 1.54) is 6.92 Å². The second kappa shape index (κ2) is 7.09. The van der Waals surface area contributed by atoms with Crippen molar-refractivity contribution in [2.75, 3.05) is 0 Å². The van der Waals surface area contributed by atoms with E-state index in [0.29, 0.717) is 12.3 Å². The number of esters is 1. The number of hydrogen-bond acceptors (Lipinski definition) is 4. The van der Waals surface area contributed by atoms with Gasteiger partial charge in [0.15, 0.2) is 0 Å². The highest BCUT2D eigenvalue weighted by molar-refractivity contribution is 5.85. The topological polar surface area (TPSA) is 61.5 Å². The minimum Gasteiger partial charge on any atom is -0.455 e. The van der Waals surface area contributed by atoms with E-state index in [1.54, 1.807) is 13.0 Å². The molecule has 0 aliphatic carbocycles. The van der Waals surface area contributed by atoms with Crippen molar-refractivity contribution in [3.63, 3.8) is 0 Å². The molecule has 0 aliphatic heterocycles. The van der Waals surface area contributed by atoms with E-state index in [9.17, 15) is 4.79 Å². The Balaban J connectivity index is 0.00000225. The van der Waals surface area contributed by atoms with Crippen molar-refractivity contribution in [3.05, 3.63) is 29.8 Å². The molecule has 0 fully saturated rings. The van der Waals surface area contributed by atoms with Gasteiger partial charge in [-0.25, -0.2) is 0 Å². The Morgan fingerprint density at radius 2 is 2.19 bits per heavy atom. The van der Waals surface area contributed by atoms with Gasteiger partial charge in [0, 0.05) is 20.4 Å². The zero-order valence-corrected chi connectivity index (χ0v) is 10.1. The van der Waals surface area contributed by atoms with Gasteiger partial charge in [-0.05, 0) is 17.7 Å². The van der Waals surface area contributed by atoms with E-state index < -0.39 is 6.29 Å². The van der Waals surface area contributed by atoms with E-state index in [-0.39, 0.29) is 18.4 Å². The monoisotopic (exact) mass is 245 g/mol. The molecule has 1 aromatic carbocycles. The van der Waals surface area contributed by atoms with E-state index in [2.05, 4.69) is 0 Å². The number of ether oxygens (including phenoxy) is 2. The van der Waals surface area contributed by atoms with Crippen LogP contribution in [0.3, 0.4) is 0 Å². The first kappa shape index (κ1) is 14.7. The second-order valence-electron chi connectivity index (χ2n) is 3.15. The van der Waals surface area contributed by atoms with Crippen molar-refractivity contribution in [1.82, 2.24) is 0 Å². The van der Waals surface area contributed by atoms with E-state index in [0.717, 1.165) is 5.56 Å². The molecule has 0 saturated carbocycles. The number of halogens is 1. The first-order valence-electron chi connectivity index (χ1n) is 4.74. The zero-order valence-electron chi connectivity index (χ0n) is 9.30. The van der Waals surface area contributed by atoms with Gasteiger partial charge >= 0.3 is 5.97 Å². The molecule has 0 amide bonds. The fourth-order valence-corrected chi connectivity index (χ4v) is 1.20. The molecule has 16 heavy (non-hydrogen) atoms. The minimum atomic E-state index is -0.587. The van der Waals surface area contributed by atoms with E-state index >= 15 is 0 Å². The van der Waals surface area contributed by atoms with Gasteiger partial charge in [-0.2, -0.15) is 0 Å². The summed E-state index contributed by atoms with van der Waals surface area (Å²) in [5, 5.41) is 0. The maximum absolute atomic E-state index is 10.6. The van der Waals surface area contributed by atoms with Gasteiger partial charge in [-0.1, -0.05) is 12.1 Å². The van der Waals surface area contributed by atoms with Crippen molar-refractivity contribution in [3.8, 4) is 5.75 Å². The standard InChI is InChI=1S/C11H15NO3.ClH/c1-8(13)14-9(2)15-11-5-3-4-10(6-11)7-12;/h3-6,9H,7,12H2,1-2H3;1H. The van der Waals surface area contributed by atoms with Crippen molar-refractivity contribution in [1.29, 1.82) is 0 Å². The lowest BCUT2D eigenvalue weighted by atomic mass is 10.2. The zero-order chi connectivity index (χ0) is 11.3. The quantitative estimate of drug-likeness (QED) is 0.650. The number of hydrogen-bond donors (Lipinski definition) is 1. The highest BCUT2D eigenvalue weighted by Gasteiger charge is 2.06. The Morgan fingerprint density at radius 3 is 2.75 bits per heavy atom. The molecule has 4 nitrogen and oxygen atoms in total. The number of carbonyl (C=O) groups excluding carboxylic acids is 1. The van der Waals surface area contributed by atoms with Crippen LogP contribution < -0.4 is 10.5 Å². The summed E-state index contributed by atoms with van der Waals surface area (Å²) in [4.78, 5) is 10.6. The molecule has 0 heterocycles. The molecule has 0 radical (unpaired) electrons. The number of carbonyl (C=O) groups is 1. The number of benzene rings is 1. The van der Waals surface area contributed by atoms with Gasteiger partial charge in [0.2, 0.25) is 6.29 Å². The van der Waals surface area contributed by atoms with Gasteiger partial charge in [0.1, 0.15) is 5.75 Å². The smallest absolute Gasteiger partial charge is 0.305 e. The summed E-state index contributed by atoms with van der Waals surface area (Å²) in [5.41, 5.74) is 6.46. The molecule has 1 unspecified atom stereocenters. The summed E-state index contributed by atoms with van der Waals surface area (Å²) >= 11 is 0. The number of nitrogens with two attached hydrogens (primary N) is 1. The lowest BCUT2D eigenvalue weighted by Crippen LogP contribution is -2.19. The fraction of sp³-hybridized carbons (Fsp3) is 0.364. The summed E-state index contributed by atoms with van der Waals surface area (Å²) in [6.45, 7) is 3.46. The van der Waals surface area contributed by atoms with Crippen molar-refractivity contribution >= 4 is 18.4 Å². The molecule has 1 atom stereocenters. The second-order valence-corrected chi connectivity index (χ2v) is 3.15. The van der Waals surface area contributed by atoms with Crippen LogP contribution >= 0.6 is 12.4 Å². The van der Waals surface area contributed by atoms with Crippen molar-refractivity contribution in [2.24, 2.45) is 5.73 Å². The molecule has 0 bridgehead atoms. The highest BCUT2D eigenvalue weighted by Crippen LogP contribution is 2.14. The summed E-state index contributed by atoms with van der Waals surface area (Å²) in [6, 6.07) is 7.36. The molecule has 1 rings (SSSR count). The van der Waals surface area contributed by atoms with Crippen molar-refractivity contribution in [2.45, 2.75) is 26.7 Å². The SMILES string of the molecule is CC(=O)OC(C)Oc1cccc(CN)c1.Cl.